The molecule has 0 N–H and O–H groups in total. The van der Waals surface area contributed by atoms with E-state index in [0.717, 1.165) is 11.6 Å². The minimum Gasteiger partial charge on any atom is -0.198 e. The van der Waals surface area contributed by atoms with Gasteiger partial charge < -0.3 is 0 Å². The van der Waals surface area contributed by atoms with Crippen LogP contribution in [0, 0.1) is 6.92 Å². The average Bonchev–Trinajstić information content (AvgIpc) is 2.16. The van der Waals surface area contributed by atoms with Crippen LogP contribution in [0.4, 0.5) is 0 Å². The molecular formula is C10H12O5S2. The first kappa shape index (κ1) is 13.9. The normalized spacial score (nSPS) is 12.3. The Balaban J connectivity index is 3.05. The number of benzene rings is 1. The molecule has 0 saturated carbocycles. The van der Waals surface area contributed by atoms with Gasteiger partial charge in [-0.25, -0.2) is 0 Å². The van der Waals surface area contributed by atoms with Crippen LogP contribution in [0.1, 0.15) is 5.56 Å². The fourth-order valence-corrected chi connectivity index (χ4v) is 3.44. The van der Waals surface area contributed by atoms with E-state index in [-0.39, 0.29) is 4.90 Å². The average molecular weight is 276 g/mol. The monoisotopic (exact) mass is 276 g/mol. The summed E-state index contributed by atoms with van der Waals surface area (Å²) in [7, 11) is -8.45. The summed E-state index contributed by atoms with van der Waals surface area (Å²) in [5.74, 6) is -0.557. The summed E-state index contributed by atoms with van der Waals surface area (Å²) in [6.07, 6.45) is 1.06. The summed E-state index contributed by atoms with van der Waals surface area (Å²) < 4.78 is 49.8. The minimum absolute atomic E-state index is 0.198. The van der Waals surface area contributed by atoms with Gasteiger partial charge in [-0.1, -0.05) is 23.8 Å². The number of rotatable bonds is 5. The molecule has 0 aliphatic heterocycles. The Morgan fingerprint density at radius 3 is 2.18 bits per heavy atom. The van der Waals surface area contributed by atoms with Crippen molar-refractivity contribution in [1.82, 2.24) is 0 Å². The highest BCUT2D eigenvalue weighted by molar-refractivity contribution is 7.99. The molecule has 1 aromatic carbocycles. The number of aryl methyl sites for hydroxylation is 1. The molecule has 0 aliphatic rings. The fraction of sp³-hybridized carbons (Fsp3) is 0.200. The molecule has 0 fully saturated rings. The molecule has 0 unspecified atom stereocenters. The van der Waals surface area contributed by atoms with Crippen LogP contribution in [0.15, 0.2) is 41.8 Å². The predicted octanol–water partition coefficient (Wildman–Crippen LogP) is 1.22. The molecule has 94 valence electrons. The number of hydrogen-bond donors (Lipinski definition) is 0. The van der Waals surface area contributed by atoms with Crippen LogP contribution in [0.2, 0.25) is 0 Å². The molecule has 0 heterocycles. The minimum atomic E-state index is -4.29. The summed E-state index contributed by atoms with van der Waals surface area (Å²) >= 11 is 0. The summed E-state index contributed by atoms with van der Waals surface area (Å²) in [5, 5.41) is 0. The van der Waals surface area contributed by atoms with E-state index in [9.17, 15) is 16.8 Å². The molecule has 17 heavy (non-hydrogen) atoms. The van der Waals surface area contributed by atoms with E-state index in [4.69, 9.17) is 0 Å². The van der Waals surface area contributed by atoms with Gasteiger partial charge in [0.1, 0.15) is 0 Å². The van der Waals surface area contributed by atoms with E-state index < -0.39 is 26.0 Å². The molecule has 0 spiro atoms. The van der Waals surface area contributed by atoms with Crippen LogP contribution in [0.5, 0.6) is 0 Å². The van der Waals surface area contributed by atoms with E-state index >= 15 is 0 Å². The van der Waals surface area contributed by atoms with Crippen LogP contribution in [0.25, 0.3) is 0 Å². The quantitative estimate of drug-likeness (QED) is 0.756. The lowest BCUT2D eigenvalue weighted by Crippen LogP contribution is -2.15. The second-order valence-electron chi connectivity index (χ2n) is 3.35. The van der Waals surface area contributed by atoms with Crippen molar-refractivity contribution >= 4 is 20.2 Å². The summed E-state index contributed by atoms with van der Waals surface area (Å²) in [6.45, 7) is 4.99. The summed E-state index contributed by atoms with van der Waals surface area (Å²) in [4.78, 5) is -0.198. The first-order chi connectivity index (χ1) is 7.77. The maximum atomic E-state index is 11.6. The molecule has 0 saturated heterocycles. The lowest BCUT2D eigenvalue weighted by atomic mass is 10.2. The van der Waals surface area contributed by atoms with Crippen molar-refractivity contribution in [2.24, 2.45) is 0 Å². The Morgan fingerprint density at radius 2 is 1.71 bits per heavy atom. The molecule has 1 aromatic rings. The van der Waals surface area contributed by atoms with Crippen LogP contribution in [-0.2, 0) is 23.9 Å². The third-order valence-electron chi connectivity index (χ3n) is 1.82. The van der Waals surface area contributed by atoms with Crippen molar-refractivity contribution in [2.45, 2.75) is 11.8 Å². The van der Waals surface area contributed by atoms with E-state index in [2.05, 4.69) is 10.2 Å². The topological polar surface area (TPSA) is 77.5 Å². The second-order valence-corrected chi connectivity index (χ2v) is 6.72. The van der Waals surface area contributed by atoms with Crippen molar-refractivity contribution in [1.29, 1.82) is 0 Å². The molecule has 0 bridgehead atoms. The van der Waals surface area contributed by atoms with Crippen LogP contribution in [-0.4, -0.2) is 22.6 Å². The highest BCUT2D eigenvalue weighted by Crippen LogP contribution is 2.15. The standard InChI is InChI=1S/C10H12O5S2/c1-3-8-16(11,12)15-17(13,14)10-6-4-9(2)5-7-10/h3-7H,1,8H2,2H3. The summed E-state index contributed by atoms with van der Waals surface area (Å²) in [5.41, 5.74) is 0.859. The van der Waals surface area contributed by atoms with Gasteiger partial charge in [-0.2, -0.15) is 16.8 Å². The Bertz CT molecular complexity index is 597. The molecule has 0 amide bonds. The zero-order valence-corrected chi connectivity index (χ0v) is 10.8. The van der Waals surface area contributed by atoms with Crippen LogP contribution < -0.4 is 0 Å². The van der Waals surface area contributed by atoms with Gasteiger partial charge in [-0.05, 0) is 19.1 Å². The Kier molecular flexibility index (Phi) is 4.07. The van der Waals surface area contributed by atoms with Gasteiger partial charge in [-0.3, -0.25) is 0 Å². The van der Waals surface area contributed by atoms with Gasteiger partial charge in [0.15, 0.2) is 0 Å². The molecule has 0 radical (unpaired) electrons. The third kappa shape index (κ3) is 3.95. The van der Waals surface area contributed by atoms with Crippen molar-refractivity contribution in [3.63, 3.8) is 0 Å². The predicted molar refractivity (Wildman–Crippen MR) is 63.4 cm³/mol. The first-order valence-corrected chi connectivity index (χ1v) is 7.62. The van der Waals surface area contributed by atoms with Crippen molar-refractivity contribution in [3.8, 4) is 0 Å². The maximum absolute atomic E-state index is 11.6. The fourth-order valence-electron chi connectivity index (χ4n) is 1.05. The lowest BCUT2D eigenvalue weighted by molar-refractivity contribution is 0.464. The largest absolute Gasteiger partial charge is 0.311 e. The third-order valence-corrected chi connectivity index (χ3v) is 4.86. The zero-order chi connectivity index (χ0) is 13.1. The SMILES string of the molecule is C=CCS(=O)(=O)OS(=O)(=O)c1ccc(C)cc1. The smallest absolute Gasteiger partial charge is 0.198 e. The molecule has 7 heteroatoms. The molecule has 0 aliphatic carbocycles. The molecule has 0 atom stereocenters. The van der Waals surface area contributed by atoms with E-state index in [0.29, 0.717) is 0 Å². The summed E-state index contributed by atoms with van der Waals surface area (Å²) in [6, 6.07) is 5.68. The van der Waals surface area contributed by atoms with Crippen molar-refractivity contribution in [2.75, 3.05) is 5.75 Å². The van der Waals surface area contributed by atoms with Crippen LogP contribution >= 0.6 is 0 Å². The van der Waals surface area contributed by atoms with E-state index in [1.54, 1.807) is 19.1 Å². The van der Waals surface area contributed by atoms with Crippen molar-refractivity contribution in [3.05, 3.63) is 42.5 Å². The highest BCUT2D eigenvalue weighted by Gasteiger charge is 2.23. The first-order valence-electron chi connectivity index (χ1n) is 4.63. The van der Waals surface area contributed by atoms with Gasteiger partial charge in [0.2, 0.25) is 0 Å². The Hall–Kier alpha value is -1.18. The Morgan fingerprint density at radius 1 is 1.18 bits per heavy atom. The van der Waals surface area contributed by atoms with Gasteiger partial charge in [0, 0.05) is 0 Å². The van der Waals surface area contributed by atoms with Crippen molar-refractivity contribution < 1.29 is 20.5 Å². The Labute approximate surface area is 101 Å². The maximum Gasteiger partial charge on any atom is 0.311 e. The van der Waals surface area contributed by atoms with Gasteiger partial charge in [-0.15, -0.1) is 10.2 Å². The molecule has 1 rings (SSSR count). The van der Waals surface area contributed by atoms with Gasteiger partial charge >= 0.3 is 10.1 Å². The van der Waals surface area contributed by atoms with Crippen LogP contribution in [0.3, 0.4) is 0 Å². The second kappa shape index (κ2) is 4.99. The lowest BCUT2D eigenvalue weighted by Gasteiger charge is -2.04. The molecular weight excluding hydrogens is 264 g/mol. The zero-order valence-electron chi connectivity index (χ0n) is 9.16. The molecule has 5 nitrogen and oxygen atoms in total. The van der Waals surface area contributed by atoms with E-state index in [1.165, 1.54) is 12.1 Å². The molecule has 0 aromatic heterocycles. The van der Waals surface area contributed by atoms with Gasteiger partial charge in [0.05, 0.1) is 10.6 Å². The van der Waals surface area contributed by atoms with Gasteiger partial charge in [0.25, 0.3) is 10.1 Å². The highest BCUT2D eigenvalue weighted by atomic mass is 32.3. The van der Waals surface area contributed by atoms with E-state index in [1.807, 2.05) is 0 Å². The number of hydrogen-bond acceptors (Lipinski definition) is 5.